The third-order valence-electron chi connectivity index (χ3n) is 6.13. The molecule has 2 aliphatic rings. The van der Waals surface area contributed by atoms with Gasteiger partial charge in [0.2, 0.25) is 0 Å². The Morgan fingerprint density at radius 1 is 1.27 bits per heavy atom. The van der Waals surface area contributed by atoms with E-state index >= 15 is 0 Å². The van der Waals surface area contributed by atoms with Crippen molar-refractivity contribution in [2.24, 2.45) is 12.5 Å². The third kappa shape index (κ3) is 3.10. The van der Waals surface area contributed by atoms with Gasteiger partial charge >= 0.3 is 0 Å². The number of anilines is 1. The Bertz CT molecular complexity index is 745. The molecule has 140 valence electrons. The lowest BCUT2D eigenvalue weighted by Gasteiger charge is -2.54. The normalized spacial score (nSPS) is 26.7. The first-order valence-electron chi connectivity index (χ1n) is 9.48. The Morgan fingerprint density at radius 3 is 2.85 bits per heavy atom. The Balaban J connectivity index is 1.55. The van der Waals surface area contributed by atoms with Crippen LogP contribution in [-0.4, -0.2) is 62.0 Å². The number of piperidine rings is 2. The van der Waals surface area contributed by atoms with Gasteiger partial charge in [-0.25, -0.2) is 4.98 Å². The number of nitrogens with zero attached hydrogens (tertiary/aromatic N) is 6. The number of aromatic nitrogens is 4. The van der Waals surface area contributed by atoms with Gasteiger partial charge < -0.3 is 14.6 Å². The second kappa shape index (κ2) is 6.96. The fraction of sp³-hybridized carbons (Fsp3) is 0.632. The molecule has 0 aliphatic carbocycles. The van der Waals surface area contributed by atoms with Crippen LogP contribution >= 0.6 is 0 Å². The van der Waals surface area contributed by atoms with Crippen LogP contribution < -0.4 is 4.90 Å². The molecule has 2 saturated heterocycles. The second-order valence-electron chi connectivity index (χ2n) is 7.81. The van der Waals surface area contributed by atoms with E-state index in [9.17, 15) is 5.11 Å². The minimum absolute atomic E-state index is 0.103. The molecule has 0 aromatic carbocycles. The van der Waals surface area contributed by atoms with Gasteiger partial charge in [0.05, 0.1) is 18.8 Å². The summed E-state index contributed by atoms with van der Waals surface area (Å²) in [7, 11) is 2.05. The number of imidazole rings is 1. The van der Waals surface area contributed by atoms with Crippen molar-refractivity contribution in [3.63, 3.8) is 0 Å². The average molecular weight is 356 g/mol. The Kier molecular flexibility index (Phi) is 4.67. The number of rotatable bonds is 4. The van der Waals surface area contributed by atoms with E-state index in [2.05, 4.69) is 29.5 Å². The Morgan fingerprint density at radius 2 is 2.15 bits per heavy atom. The van der Waals surface area contributed by atoms with Crippen LogP contribution in [0.1, 0.15) is 30.8 Å². The molecular weight excluding hydrogens is 328 g/mol. The predicted molar refractivity (Wildman–Crippen MR) is 99.8 cm³/mol. The highest BCUT2D eigenvalue weighted by Crippen LogP contribution is 2.42. The lowest BCUT2D eigenvalue weighted by atomic mass is 9.69. The third-order valence-corrected chi connectivity index (χ3v) is 6.13. The maximum atomic E-state index is 10.4. The van der Waals surface area contributed by atoms with E-state index in [1.807, 2.05) is 38.5 Å². The van der Waals surface area contributed by atoms with Crippen LogP contribution in [0.3, 0.4) is 0 Å². The molecule has 2 aromatic rings. The van der Waals surface area contributed by atoms with Crippen molar-refractivity contribution in [3.8, 4) is 0 Å². The van der Waals surface area contributed by atoms with Gasteiger partial charge in [-0.15, -0.1) is 5.10 Å². The first-order valence-corrected chi connectivity index (χ1v) is 9.48. The minimum atomic E-state index is -0.103. The minimum Gasteiger partial charge on any atom is -0.396 e. The van der Waals surface area contributed by atoms with Crippen LogP contribution in [0.5, 0.6) is 0 Å². The maximum absolute atomic E-state index is 10.4. The molecule has 2 aromatic heterocycles. The van der Waals surface area contributed by atoms with Gasteiger partial charge in [0, 0.05) is 44.0 Å². The molecule has 0 amide bonds. The summed E-state index contributed by atoms with van der Waals surface area (Å²) < 4.78 is 2.09. The molecule has 0 unspecified atom stereocenters. The maximum Gasteiger partial charge on any atom is 0.151 e. The summed E-state index contributed by atoms with van der Waals surface area (Å²) in [5.41, 5.74) is 0.827. The van der Waals surface area contributed by atoms with Crippen LogP contribution in [0.2, 0.25) is 0 Å². The zero-order chi connectivity index (χ0) is 18.1. The predicted octanol–water partition coefficient (Wildman–Crippen LogP) is 1.37. The highest BCUT2D eigenvalue weighted by atomic mass is 16.3. The van der Waals surface area contributed by atoms with Gasteiger partial charge in [0.25, 0.3) is 0 Å². The van der Waals surface area contributed by atoms with E-state index in [0.717, 1.165) is 62.8 Å². The topological polar surface area (TPSA) is 70.3 Å². The van der Waals surface area contributed by atoms with E-state index in [1.54, 1.807) is 0 Å². The fourth-order valence-corrected chi connectivity index (χ4v) is 4.66. The summed E-state index contributed by atoms with van der Waals surface area (Å²) in [6, 6.07) is 4.43. The molecule has 0 saturated carbocycles. The number of fused-ring (bicyclic) bond motifs is 1. The van der Waals surface area contributed by atoms with Crippen LogP contribution in [0.15, 0.2) is 24.5 Å². The quantitative estimate of drug-likeness (QED) is 0.892. The van der Waals surface area contributed by atoms with Crippen LogP contribution in [0, 0.1) is 12.3 Å². The molecule has 1 N–H and O–H groups in total. The largest absolute Gasteiger partial charge is 0.396 e. The number of likely N-dealkylation sites (tertiary alicyclic amines) is 1. The molecule has 26 heavy (non-hydrogen) atoms. The molecule has 2 fully saturated rings. The van der Waals surface area contributed by atoms with Crippen LogP contribution in [0.4, 0.5) is 5.82 Å². The average Bonchev–Trinajstić information content (AvgIpc) is 3.07. The summed E-state index contributed by atoms with van der Waals surface area (Å²) in [6.45, 7) is 5.87. The monoisotopic (exact) mass is 356 g/mol. The molecule has 0 radical (unpaired) electrons. The molecule has 2 aliphatic heterocycles. The van der Waals surface area contributed by atoms with Crippen molar-refractivity contribution < 1.29 is 5.11 Å². The van der Waals surface area contributed by atoms with Crippen molar-refractivity contribution >= 4 is 5.82 Å². The lowest BCUT2D eigenvalue weighted by molar-refractivity contribution is -0.0414. The summed E-state index contributed by atoms with van der Waals surface area (Å²) in [4.78, 5) is 9.32. The highest BCUT2D eigenvalue weighted by Gasteiger charge is 2.48. The number of hydrogen-bond donors (Lipinski definition) is 1. The van der Waals surface area contributed by atoms with E-state index < -0.39 is 0 Å². The second-order valence-corrected chi connectivity index (χ2v) is 7.81. The molecule has 4 heterocycles. The summed E-state index contributed by atoms with van der Waals surface area (Å²) >= 11 is 0. The van der Waals surface area contributed by atoms with Gasteiger partial charge in [-0.05, 0) is 44.9 Å². The zero-order valence-corrected chi connectivity index (χ0v) is 15.7. The SMILES string of the molecule is Cc1ccc(N2CC[C@H]3N(Cc4nccn4C)CCC[C@]3(CO)C2)nn1. The van der Waals surface area contributed by atoms with Gasteiger partial charge in [-0.3, -0.25) is 4.90 Å². The smallest absolute Gasteiger partial charge is 0.151 e. The molecule has 4 rings (SSSR count). The Labute approximate surface area is 154 Å². The summed E-state index contributed by atoms with van der Waals surface area (Å²) in [6.07, 6.45) is 7.05. The van der Waals surface area contributed by atoms with Crippen molar-refractivity contribution in [2.75, 3.05) is 31.1 Å². The van der Waals surface area contributed by atoms with E-state index in [1.165, 1.54) is 0 Å². The van der Waals surface area contributed by atoms with Crippen molar-refractivity contribution in [1.29, 1.82) is 0 Å². The first-order chi connectivity index (χ1) is 12.6. The number of hydrogen-bond acceptors (Lipinski definition) is 6. The molecule has 7 heteroatoms. The van der Waals surface area contributed by atoms with E-state index in [4.69, 9.17) is 0 Å². The fourth-order valence-electron chi connectivity index (χ4n) is 4.66. The first kappa shape index (κ1) is 17.4. The van der Waals surface area contributed by atoms with Gasteiger partial charge in [-0.2, -0.15) is 5.10 Å². The standard InChI is InChI=1S/C19H28N6O/c1-15-4-5-17(22-21-15)25-10-6-16-19(13-25,14-26)7-3-9-24(16)12-18-20-8-11-23(18)2/h4-5,8,11,16,26H,3,6-7,9-10,12-14H2,1-2H3/t16-,19-/m1/s1. The van der Waals surface area contributed by atoms with Crippen LogP contribution in [-0.2, 0) is 13.6 Å². The van der Waals surface area contributed by atoms with Gasteiger partial charge in [0.1, 0.15) is 5.82 Å². The number of aliphatic hydroxyl groups is 1. The van der Waals surface area contributed by atoms with Gasteiger partial charge in [-0.1, -0.05) is 0 Å². The van der Waals surface area contributed by atoms with Crippen LogP contribution in [0.25, 0.3) is 0 Å². The highest BCUT2D eigenvalue weighted by molar-refractivity contribution is 5.39. The molecule has 0 spiro atoms. The molecule has 2 atom stereocenters. The van der Waals surface area contributed by atoms with Crippen molar-refractivity contribution in [3.05, 3.63) is 36.0 Å². The van der Waals surface area contributed by atoms with Gasteiger partial charge in [0.15, 0.2) is 5.82 Å². The zero-order valence-electron chi connectivity index (χ0n) is 15.7. The molecule has 0 bridgehead atoms. The molecular formula is C19H28N6O. The summed E-state index contributed by atoms with van der Waals surface area (Å²) in [5, 5.41) is 18.9. The number of aryl methyl sites for hydroxylation is 2. The molecule has 7 nitrogen and oxygen atoms in total. The van der Waals surface area contributed by atoms with E-state index in [-0.39, 0.29) is 12.0 Å². The van der Waals surface area contributed by atoms with Crippen molar-refractivity contribution in [1.82, 2.24) is 24.6 Å². The summed E-state index contributed by atoms with van der Waals surface area (Å²) in [5.74, 6) is 2.01. The lowest BCUT2D eigenvalue weighted by Crippen LogP contribution is -2.62. The van der Waals surface area contributed by atoms with E-state index in [0.29, 0.717) is 6.04 Å². The Hall–Kier alpha value is -1.99. The van der Waals surface area contributed by atoms with Crippen molar-refractivity contribution in [2.45, 2.75) is 38.8 Å². The number of aliphatic hydroxyl groups excluding tert-OH is 1.